The Labute approximate surface area is 122 Å². The van der Waals surface area contributed by atoms with E-state index in [1.54, 1.807) is 7.05 Å². The standard InChI is InChI=1S/C14H21F3N4/c1-3-9-4-6-10(7-5-9)19-12-8-11(18-2)20-13(21-12)14(15,16)17/h8-10H,3-7H2,1-2H3,(H2,18,19,20,21). The van der Waals surface area contributed by atoms with E-state index in [2.05, 4.69) is 27.5 Å². The number of alkyl halides is 3. The van der Waals surface area contributed by atoms with Gasteiger partial charge in [0.1, 0.15) is 11.6 Å². The summed E-state index contributed by atoms with van der Waals surface area (Å²) in [4.78, 5) is 7.05. The van der Waals surface area contributed by atoms with Gasteiger partial charge in [0.25, 0.3) is 0 Å². The molecule has 0 radical (unpaired) electrons. The van der Waals surface area contributed by atoms with E-state index in [-0.39, 0.29) is 17.7 Å². The maximum absolute atomic E-state index is 12.8. The number of nitrogens with zero attached hydrogens (tertiary/aromatic N) is 2. The molecule has 0 saturated heterocycles. The minimum atomic E-state index is -4.54. The lowest BCUT2D eigenvalue weighted by molar-refractivity contribution is -0.144. The van der Waals surface area contributed by atoms with Crippen LogP contribution in [-0.2, 0) is 6.18 Å². The fourth-order valence-corrected chi connectivity index (χ4v) is 2.70. The molecule has 1 aliphatic rings. The highest BCUT2D eigenvalue weighted by atomic mass is 19.4. The Bertz CT molecular complexity index is 468. The van der Waals surface area contributed by atoms with E-state index in [0.29, 0.717) is 0 Å². The van der Waals surface area contributed by atoms with Crippen molar-refractivity contribution in [2.45, 2.75) is 51.2 Å². The first-order valence-electron chi connectivity index (χ1n) is 7.33. The van der Waals surface area contributed by atoms with Gasteiger partial charge in [0, 0.05) is 19.2 Å². The van der Waals surface area contributed by atoms with Crippen LogP contribution in [0.5, 0.6) is 0 Å². The van der Waals surface area contributed by atoms with E-state index >= 15 is 0 Å². The van der Waals surface area contributed by atoms with Gasteiger partial charge in [-0.1, -0.05) is 13.3 Å². The topological polar surface area (TPSA) is 49.8 Å². The number of nitrogens with one attached hydrogen (secondary N) is 2. The molecule has 2 N–H and O–H groups in total. The summed E-state index contributed by atoms with van der Waals surface area (Å²) >= 11 is 0. The summed E-state index contributed by atoms with van der Waals surface area (Å²) in [6.07, 6.45) is 0.803. The molecule has 0 spiro atoms. The molecule has 0 unspecified atom stereocenters. The molecule has 118 valence electrons. The first-order valence-corrected chi connectivity index (χ1v) is 7.33. The van der Waals surface area contributed by atoms with Gasteiger partial charge in [0.2, 0.25) is 5.82 Å². The lowest BCUT2D eigenvalue weighted by atomic mass is 9.84. The van der Waals surface area contributed by atoms with Crippen LogP contribution in [-0.4, -0.2) is 23.1 Å². The number of hydrogen-bond acceptors (Lipinski definition) is 4. The van der Waals surface area contributed by atoms with Crippen LogP contribution in [0.2, 0.25) is 0 Å². The van der Waals surface area contributed by atoms with Gasteiger partial charge in [-0.05, 0) is 31.6 Å². The normalized spacial score (nSPS) is 22.9. The zero-order valence-corrected chi connectivity index (χ0v) is 12.3. The van der Waals surface area contributed by atoms with Crippen molar-refractivity contribution in [3.8, 4) is 0 Å². The van der Waals surface area contributed by atoms with E-state index in [9.17, 15) is 13.2 Å². The van der Waals surface area contributed by atoms with E-state index in [1.165, 1.54) is 12.5 Å². The fourth-order valence-electron chi connectivity index (χ4n) is 2.70. The van der Waals surface area contributed by atoms with Gasteiger partial charge in [-0.2, -0.15) is 13.2 Å². The summed E-state index contributed by atoms with van der Waals surface area (Å²) in [7, 11) is 1.54. The largest absolute Gasteiger partial charge is 0.451 e. The molecule has 0 atom stereocenters. The molecule has 0 aromatic carbocycles. The first-order chi connectivity index (χ1) is 9.92. The molecule has 0 aliphatic heterocycles. The SMILES string of the molecule is CCC1CCC(Nc2cc(NC)nc(C(F)(F)F)n2)CC1. The third kappa shape index (κ3) is 4.22. The lowest BCUT2D eigenvalue weighted by Crippen LogP contribution is -2.27. The Hall–Kier alpha value is -1.53. The summed E-state index contributed by atoms with van der Waals surface area (Å²) in [5, 5.41) is 5.76. The van der Waals surface area contributed by atoms with Crippen molar-refractivity contribution in [3.05, 3.63) is 11.9 Å². The third-order valence-corrected chi connectivity index (χ3v) is 4.01. The van der Waals surface area contributed by atoms with Crippen LogP contribution < -0.4 is 10.6 Å². The van der Waals surface area contributed by atoms with Gasteiger partial charge in [0.05, 0.1) is 0 Å². The van der Waals surface area contributed by atoms with Crippen molar-refractivity contribution >= 4 is 11.6 Å². The third-order valence-electron chi connectivity index (χ3n) is 4.01. The van der Waals surface area contributed by atoms with Crippen molar-refractivity contribution in [2.24, 2.45) is 5.92 Å². The monoisotopic (exact) mass is 302 g/mol. The van der Waals surface area contributed by atoms with Crippen LogP contribution in [0.15, 0.2) is 6.07 Å². The van der Waals surface area contributed by atoms with Crippen molar-refractivity contribution in [2.75, 3.05) is 17.7 Å². The van der Waals surface area contributed by atoms with Crippen molar-refractivity contribution < 1.29 is 13.2 Å². The Morgan fingerprint density at radius 2 is 1.76 bits per heavy atom. The first kappa shape index (κ1) is 15.9. The maximum atomic E-state index is 12.8. The Morgan fingerprint density at radius 1 is 1.14 bits per heavy atom. The summed E-state index contributed by atoms with van der Waals surface area (Å²) in [5.41, 5.74) is 0. The van der Waals surface area contributed by atoms with E-state index in [4.69, 9.17) is 0 Å². The minimum Gasteiger partial charge on any atom is -0.373 e. The van der Waals surface area contributed by atoms with Gasteiger partial charge in [0.15, 0.2) is 0 Å². The molecule has 0 bridgehead atoms. The highest BCUT2D eigenvalue weighted by Gasteiger charge is 2.35. The van der Waals surface area contributed by atoms with Crippen LogP contribution in [0.25, 0.3) is 0 Å². The van der Waals surface area contributed by atoms with Gasteiger partial charge >= 0.3 is 6.18 Å². The molecule has 1 aliphatic carbocycles. The molecule has 1 saturated carbocycles. The van der Waals surface area contributed by atoms with Crippen LogP contribution in [0.4, 0.5) is 24.8 Å². The van der Waals surface area contributed by atoms with E-state index < -0.39 is 12.0 Å². The second kappa shape index (κ2) is 6.49. The van der Waals surface area contributed by atoms with E-state index in [1.807, 2.05) is 0 Å². The molecule has 1 aromatic rings. The molecule has 1 aromatic heterocycles. The molecular formula is C14H21F3N4. The summed E-state index contributed by atoms with van der Waals surface area (Å²) < 4.78 is 38.3. The molecule has 2 rings (SSSR count). The zero-order valence-electron chi connectivity index (χ0n) is 12.3. The second-order valence-corrected chi connectivity index (χ2v) is 5.48. The maximum Gasteiger partial charge on any atom is 0.451 e. The van der Waals surface area contributed by atoms with Crippen molar-refractivity contribution in [1.29, 1.82) is 0 Å². The molecule has 4 nitrogen and oxygen atoms in total. The van der Waals surface area contributed by atoms with Gasteiger partial charge in [-0.3, -0.25) is 0 Å². The van der Waals surface area contributed by atoms with Gasteiger partial charge in [-0.15, -0.1) is 0 Å². The average molecular weight is 302 g/mol. The predicted octanol–water partition coefficient (Wildman–Crippen LogP) is 3.92. The Kier molecular flexibility index (Phi) is 4.90. The highest BCUT2D eigenvalue weighted by Crippen LogP contribution is 2.31. The van der Waals surface area contributed by atoms with Crippen LogP contribution in [0.3, 0.4) is 0 Å². The number of hydrogen-bond donors (Lipinski definition) is 2. The summed E-state index contributed by atoms with van der Waals surface area (Å²) in [6, 6.07) is 1.70. The molecule has 21 heavy (non-hydrogen) atoms. The second-order valence-electron chi connectivity index (χ2n) is 5.48. The summed E-state index contributed by atoms with van der Waals surface area (Å²) in [5.74, 6) is 0.0369. The summed E-state index contributed by atoms with van der Waals surface area (Å²) in [6.45, 7) is 2.18. The fraction of sp³-hybridized carbons (Fsp3) is 0.714. The quantitative estimate of drug-likeness (QED) is 0.885. The lowest BCUT2D eigenvalue weighted by Gasteiger charge is -2.29. The Morgan fingerprint density at radius 3 is 2.29 bits per heavy atom. The molecule has 1 fully saturated rings. The van der Waals surface area contributed by atoms with Gasteiger partial charge < -0.3 is 10.6 Å². The van der Waals surface area contributed by atoms with Crippen molar-refractivity contribution in [3.63, 3.8) is 0 Å². The number of halogens is 3. The molecule has 0 amide bonds. The highest BCUT2D eigenvalue weighted by molar-refractivity contribution is 5.48. The number of anilines is 2. The minimum absolute atomic E-state index is 0.169. The molecule has 1 heterocycles. The van der Waals surface area contributed by atoms with Crippen LogP contribution in [0, 0.1) is 5.92 Å². The van der Waals surface area contributed by atoms with Gasteiger partial charge in [-0.25, -0.2) is 9.97 Å². The number of rotatable bonds is 4. The predicted molar refractivity (Wildman–Crippen MR) is 76.2 cm³/mol. The van der Waals surface area contributed by atoms with E-state index in [0.717, 1.165) is 31.6 Å². The van der Waals surface area contributed by atoms with Crippen molar-refractivity contribution in [1.82, 2.24) is 9.97 Å². The number of aromatic nitrogens is 2. The zero-order chi connectivity index (χ0) is 15.5. The Balaban J connectivity index is 2.09. The average Bonchev–Trinajstić information content (AvgIpc) is 2.46. The molecule has 7 heteroatoms. The van der Waals surface area contributed by atoms with Crippen LogP contribution >= 0.6 is 0 Å². The van der Waals surface area contributed by atoms with Crippen LogP contribution in [0.1, 0.15) is 44.9 Å². The smallest absolute Gasteiger partial charge is 0.373 e. The molecular weight excluding hydrogens is 281 g/mol.